The molecule has 0 saturated heterocycles. The molecule has 0 bridgehead atoms. The van der Waals surface area contributed by atoms with Gasteiger partial charge in [-0.2, -0.15) is 0 Å². The van der Waals surface area contributed by atoms with E-state index in [1.54, 1.807) is 24.3 Å². The van der Waals surface area contributed by atoms with Crippen molar-refractivity contribution in [1.82, 2.24) is 4.98 Å². The number of aromatic nitrogens is 1. The zero-order chi connectivity index (χ0) is 25.1. The average Bonchev–Trinajstić information content (AvgIpc) is 2.85. The summed E-state index contributed by atoms with van der Waals surface area (Å²) < 4.78 is 38.8. The Labute approximate surface area is 206 Å². The van der Waals surface area contributed by atoms with E-state index in [0.717, 1.165) is 18.4 Å². The maximum Gasteiger partial charge on any atom is 0.263 e. The van der Waals surface area contributed by atoms with E-state index in [2.05, 4.69) is 21.9 Å². The van der Waals surface area contributed by atoms with Gasteiger partial charge in [0, 0.05) is 18.0 Å². The van der Waals surface area contributed by atoms with Crippen LogP contribution in [0.25, 0.3) is 6.08 Å². The van der Waals surface area contributed by atoms with Gasteiger partial charge in [-0.1, -0.05) is 25.5 Å². The Morgan fingerprint density at radius 2 is 1.80 bits per heavy atom. The second-order valence-corrected chi connectivity index (χ2v) is 9.19. The summed E-state index contributed by atoms with van der Waals surface area (Å²) in [6.07, 6.45) is 6.57. The molecule has 1 amide bonds. The monoisotopic (exact) mass is 495 g/mol. The molecule has 184 valence electrons. The Morgan fingerprint density at radius 1 is 1.00 bits per heavy atom. The molecular formula is C26H29N3O5S. The Kier molecular flexibility index (Phi) is 9.25. The smallest absolute Gasteiger partial charge is 0.263 e. The average molecular weight is 496 g/mol. The van der Waals surface area contributed by atoms with E-state index in [-0.39, 0.29) is 16.6 Å². The topological polar surface area (TPSA) is 107 Å². The lowest BCUT2D eigenvalue weighted by molar-refractivity contribution is -0.111. The van der Waals surface area contributed by atoms with Crippen molar-refractivity contribution in [2.75, 3.05) is 23.3 Å². The second kappa shape index (κ2) is 12.6. The van der Waals surface area contributed by atoms with Crippen LogP contribution in [0.4, 0.5) is 11.5 Å². The van der Waals surface area contributed by atoms with Crippen LogP contribution in [0.3, 0.4) is 0 Å². The number of hydrogen-bond donors (Lipinski definition) is 2. The minimum absolute atomic E-state index is 0.0568. The number of carbonyl (C=O) groups excluding carboxylic acids is 1. The number of carbonyl (C=O) groups is 1. The SMILES string of the molecule is CCCCOc1ccc(/C=C/C(=O)Nc2ccc(S(=O)(=O)Nc3ccccn3)cc2)cc1OCC. The molecule has 3 rings (SSSR count). The zero-order valence-corrected chi connectivity index (χ0v) is 20.5. The van der Waals surface area contributed by atoms with Gasteiger partial charge < -0.3 is 14.8 Å². The fraction of sp³-hybridized carbons (Fsp3) is 0.231. The van der Waals surface area contributed by atoms with Crippen LogP contribution in [-0.4, -0.2) is 32.5 Å². The van der Waals surface area contributed by atoms with Gasteiger partial charge in [0.15, 0.2) is 11.5 Å². The highest BCUT2D eigenvalue weighted by Crippen LogP contribution is 2.29. The molecule has 2 N–H and O–H groups in total. The second-order valence-electron chi connectivity index (χ2n) is 7.51. The van der Waals surface area contributed by atoms with E-state index in [0.29, 0.717) is 30.4 Å². The highest BCUT2D eigenvalue weighted by molar-refractivity contribution is 7.92. The molecule has 9 heteroatoms. The number of unbranched alkanes of at least 4 members (excludes halogenated alkanes) is 1. The quantitative estimate of drug-likeness (QED) is 0.267. The largest absolute Gasteiger partial charge is 0.490 e. The number of nitrogens with zero attached hydrogens (tertiary/aromatic N) is 1. The summed E-state index contributed by atoms with van der Waals surface area (Å²) in [4.78, 5) is 16.4. The number of nitrogens with one attached hydrogen (secondary N) is 2. The number of rotatable bonds is 12. The van der Waals surface area contributed by atoms with Gasteiger partial charge in [-0.25, -0.2) is 13.4 Å². The summed E-state index contributed by atoms with van der Waals surface area (Å²) in [5.41, 5.74) is 1.25. The van der Waals surface area contributed by atoms with Gasteiger partial charge in [0.05, 0.1) is 18.1 Å². The molecule has 35 heavy (non-hydrogen) atoms. The summed E-state index contributed by atoms with van der Waals surface area (Å²) in [6, 6.07) is 16.3. The Morgan fingerprint density at radius 3 is 2.49 bits per heavy atom. The van der Waals surface area contributed by atoms with E-state index < -0.39 is 10.0 Å². The minimum atomic E-state index is -3.79. The molecule has 0 saturated carbocycles. The predicted octanol–water partition coefficient (Wildman–Crippen LogP) is 5.11. The Hall–Kier alpha value is -3.85. The third-order valence-corrected chi connectivity index (χ3v) is 6.16. The molecule has 3 aromatic rings. The van der Waals surface area contributed by atoms with E-state index in [9.17, 15) is 13.2 Å². The highest BCUT2D eigenvalue weighted by Gasteiger charge is 2.14. The molecule has 0 atom stereocenters. The number of ether oxygens (including phenoxy) is 2. The van der Waals surface area contributed by atoms with Crippen molar-refractivity contribution in [3.8, 4) is 11.5 Å². The standard InChI is InChI=1S/C26H29N3O5S/c1-3-5-18-34-23-15-9-20(19-24(23)33-4-2)10-16-26(30)28-21-11-13-22(14-12-21)35(31,32)29-25-8-6-7-17-27-25/h6-17,19H,3-5,18H2,1-2H3,(H,27,29)(H,28,30)/b16-10+. The molecule has 0 unspecified atom stereocenters. The van der Waals surface area contributed by atoms with Gasteiger partial charge >= 0.3 is 0 Å². The number of sulfonamides is 1. The lowest BCUT2D eigenvalue weighted by atomic mass is 10.2. The number of pyridine rings is 1. The first-order valence-corrected chi connectivity index (χ1v) is 12.8. The van der Waals surface area contributed by atoms with Crippen LogP contribution in [0.5, 0.6) is 11.5 Å². The van der Waals surface area contributed by atoms with Crippen molar-refractivity contribution < 1.29 is 22.7 Å². The fourth-order valence-corrected chi connectivity index (χ4v) is 4.04. The van der Waals surface area contributed by atoms with E-state index in [1.165, 1.54) is 36.5 Å². The summed E-state index contributed by atoms with van der Waals surface area (Å²) >= 11 is 0. The van der Waals surface area contributed by atoms with Crippen LogP contribution in [0.1, 0.15) is 32.3 Å². The molecular weight excluding hydrogens is 466 g/mol. The van der Waals surface area contributed by atoms with Gasteiger partial charge in [-0.3, -0.25) is 9.52 Å². The number of benzene rings is 2. The van der Waals surface area contributed by atoms with E-state index >= 15 is 0 Å². The normalized spacial score (nSPS) is 11.3. The lowest BCUT2D eigenvalue weighted by Crippen LogP contribution is -2.14. The van der Waals surface area contributed by atoms with Crippen molar-refractivity contribution in [2.24, 2.45) is 0 Å². The third kappa shape index (κ3) is 7.86. The number of anilines is 2. The highest BCUT2D eigenvalue weighted by atomic mass is 32.2. The number of amides is 1. The first kappa shape index (κ1) is 25.8. The molecule has 8 nitrogen and oxygen atoms in total. The Balaban J connectivity index is 1.62. The van der Waals surface area contributed by atoms with Crippen LogP contribution in [0.15, 0.2) is 77.8 Å². The van der Waals surface area contributed by atoms with Crippen LogP contribution in [0, 0.1) is 0 Å². The molecule has 0 aliphatic heterocycles. The lowest BCUT2D eigenvalue weighted by Gasteiger charge is -2.12. The molecule has 1 heterocycles. The van der Waals surface area contributed by atoms with Crippen LogP contribution in [-0.2, 0) is 14.8 Å². The summed E-state index contributed by atoms with van der Waals surface area (Å²) in [5, 5.41) is 2.72. The molecule has 0 radical (unpaired) electrons. The zero-order valence-electron chi connectivity index (χ0n) is 19.7. The molecule has 2 aromatic carbocycles. The first-order chi connectivity index (χ1) is 16.9. The molecule has 0 aliphatic carbocycles. The van der Waals surface area contributed by atoms with Crippen LogP contribution < -0.4 is 19.5 Å². The number of hydrogen-bond acceptors (Lipinski definition) is 6. The first-order valence-electron chi connectivity index (χ1n) is 11.3. The van der Waals surface area contributed by atoms with Crippen molar-refractivity contribution in [1.29, 1.82) is 0 Å². The summed E-state index contributed by atoms with van der Waals surface area (Å²) in [5.74, 6) is 1.17. The van der Waals surface area contributed by atoms with E-state index in [4.69, 9.17) is 9.47 Å². The van der Waals surface area contributed by atoms with Crippen LogP contribution in [0.2, 0.25) is 0 Å². The molecule has 0 aliphatic rings. The van der Waals surface area contributed by atoms with Gasteiger partial charge in [0.1, 0.15) is 5.82 Å². The van der Waals surface area contributed by atoms with Gasteiger partial charge in [0.2, 0.25) is 5.91 Å². The van der Waals surface area contributed by atoms with Crippen molar-refractivity contribution in [3.63, 3.8) is 0 Å². The van der Waals surface area contributed by atoms with Crippen molar-refractivity contribution >= 4 is 33.5 Å². The summed E-state index contributed by atoms with van der Waals surface area (Å²) in [6.45, 7) is 5.12. The third-order valence-electron chi connectivity index (χ3n) is 4.79. The maximum atomic E-state index is 12.5. The van der Waals surface area contributed by atoms with Crippen LogP contribution >= 0.6 is 0 Å². The van der Waals surface area contributed by atoms with Crippen molar-refractivity contribution in [2.45, 2.75) is 31.6 Å². The van der Waals surface area contributed by atoms with Gasteiger partial charge in [-0.05, 0) is 73.5 Å². The summed E-state index contributed by atoms with van der Waals surface area (Å²) in [7, 11) is -3.79. The van der Waals surface area contributed by atoms with Gasteiger partial charge in [-0.15, -0.1) is 0 Å². The fourth-order valence-electron chi connectivity index (χ4n) is 3.04. The van der Waals surface area contributed by atoms with Crippen molar-refractivity contribution in [3.05, 3.63) is 78.5 Å². The van der Waals surface area contributed by atoms with E-state index in [1.807, 2.05) is 25.1 Å². The molecule has 1 aromatic heterocycles. The Bertz CT molecular complexity index is 1240. The maximum absolute atomic E-state index is 12.5. The van der Waals surface area contributed by atoms with Gasteiger partial charge in [0.25, 0.3) is 10.0 Å². The predicted molar refractivity (Wildman–Crippen MR) is 137 cm³/mol. The minimum Gasteiger partial charge on any atom is -0.490 e. The molecule has 0 spiro atoms. The molecule has 0 fully saturated rings.